The highest BCUT2D eigenvalue weighted by Crippen LogP contribution is 2.58. The third-order valence-electron chi connectivity index (χ3n) is 7.94. The van der Waals surface area contributed by atoms with E-state index in [-0.39, 0.29) is 11.4 Å². The van der Waals surface area contributed by atoms with Gasteiger partial charge in [0.25, 0.3) is 0 Å². The molecule has 0 unspecified atom stereocenters. The number of benzene rings is 1. The van der Waals surface area contributed by atoms with E-state index in [1.807, 2.05) is 0 Å². The van der Waals surface area contributed by atoms with Gasteiger partial charge in [-0.05, 0) is 80.9 Å². The molecule has 150 valence electrons. The molecule has 0 amide bonds. The largest absolute Gasteiger partial charge is 0.469 e. The van der Waals surface area contributed by atoms with Crippen LogP contribution in [0.5, 0.6) is 0 Å². The molecule has 1 saturated carbocycles. The highest BCUT2D eigenvalue weighted by molar-refractivity contribution is 5.84. The minimum Gasteiger partial charge on any atom is -0.469 e. The van der Waals surface area contributed by atoms with Gasteiger partial charge in [-0.15, -0.1) is 0 Å². The van der Waals surface area contributed by atoms with Crippen LogP contribution in [0, 0.1) is 29.6 Å². The Labute approximate surface area is 168 Å². The standard InChI is InChI=1S/C25H33NO2/c1-16-8-11-22-19(13-16)18(15-26-22)14-25(4)17(2)9-10-21-20(25)7-6-12-24(21,3)23(27)28-5/h7-8,11,13,15,17,21,26H,6,9-10,12,14H2,1-5H3/t17-,21+,24+,25+/m1/s1. The second-order valence-corrected chi connectivity index (χ2v) is 9.60. The predicted octanol–water partition coefficient (Wildman–Crippen LogP) is 5.97. The molecule has 4 atom stereocenters. The number of nitrogens with one attached hydrogen (secondary N) is 1. The van der Waals surface area contributed by atoms with Crippen molar-refractivity contribution in [2.45, 2.75) is 59.8 Å². The van der Waals surface area contributed by atoms with Crippen molar-refractivity contribution in [1.82, 2.24) is 4.98 Å². The highest BCUT2D eigenvalue weighted by Gasteiger charge is 2.53. The molecule has 2 aliphatic rings. The quantitative estimate of drug-likeness (QED) is 0.527. The first-order valence-electron chi connectivity index (χ1n) is 10.6. The molecule has 1 N–H and O–H groups in total. The molecule has 2 aliphatic carbocycles. The lowest BCUT2D eigenvalue weighted by atomic mass is 9.51. The summed E-state index contributed by atoms with van der Waals surface area (Å²) in [6.07, 6.45) is 9.75. The number of hydrogen-bond donors (Lipinski definition) is 1. The average molecular weight is 380 g/mol. The summed E-state index contributed by atoms with van der Waals surface area (Å²) < 4.78 is 5.24. The van der Waals surface area contributed by atoms with Gasteiger partial charge in [-0.1, -0.05) is 37.1 Å². The van der Waals surface area contributed by atoms with Gasteiger partial charge < -0.3 is 9.72 Å². The maximum absolute atomic E-state index is 12.7. The molecule has 0 bridgehead atoms. The average Bonchev–Trinajstić information content (AvgIpc) is 3.06. The minimum atomic E-state index is -0.392. The van der Waals surface area contributed by atoms with Crippen LogP contribution in [0.25, 0.3) is 10.9 Å². The van der Waals surface area contributed by atoms with E-state index >= 15 is 0 Å². The number of methoxy groups -OCH3 is 1. The fourth-order valence-electron chi connectivity index (χ4n) is 5.90. The van der Waals surface area contributed by atoms with Crippen LogP contribution in [0.4, 0.5) is 0 Å². The van der Waals surface area contributed by atoms with Crippen molar-refractivity contribution < 1.29 is 9.53 Å². The van der Waals surface area contributed by atoms with E-state index in [0.29, 0.717) is 11.8 Å². The van der Waals surface area contributed by atoms with Crippen LogP contribution in [0.1, 0.15) is 57.6 Å². The van der Waals surface area contributed by atoms with Gasteiger partial charge in [-0.3, -0.25) is 4.79 Å². The predicted molar refractivity (Wildman–Crippen MR) is 114 cm³/mol. The van der Waals surface area contributed by atoms with Crippen LogP contribution in [0.15, 0.2) is 36.0 Å². The van der Waals surface area contributed by atoms with E-state index in [2.05, 4.69) is 63.2 Å². The number of carbonyl (C=O) groups excluding carboxylic acids is 1. The molecule has 0 radical (unpaired) electrons. The van der Waals surface area contributed by atoms with Gasteiger partial charge in [0.2, 0.25) is 0 Å². The van der Waals surface area contributed by atoms with E-state index in [9.17, 15) is 4.79 Å². The molecule has 3 heteroatoms. The number of aromatic amines is 1. The van der Waals surface area contributed by atoms with Gasteiger partial charge in [0.15, 0.2) is 0 Å². The molecule has 0 saturated heterocycles. The van der Waals surface area contributed by atoms with Gasteiger partial charge >= 0.3 is 5.97 Å². The lowest BCUT2D eigenvalue weighted by Crippen LogP contribution is -2.48. The number of aromatic nitrogens is 1. The van der Waals surface area contributed by atoms with E-state index in [4.69, 9.17) is 4.74 Å². The Morgan fingerprint density at radius 3 is 2.82 bits per heavy atom. The zero-order valence-corrected chi connectivity index (χ0v) is 17.9. The van der Waals surface area contributed by atoms with Crippen LogP contribution < -0.4 is 0 Å². The summed E-state index contributed by atoms with van der Waals surface area (Å²) >= 11 is 0. The van der Waals surface area contributed by atoms with Crippen molar-refractivity contribution in [2.24, 2.45) is 22.7 Å². The topological polar surface area (TPSA) is 42.1 Å². The number of H-pyrrole nitrogens is 1. The van der Waals surface area contributed by atoms with Gasteiger partial charge in [0.05, 0.1) is 12.5 Å². The summed E-state index contributed by atoms with van der Waals surface area (Å²) in [5.41, 5.74) is 5.06. The maximum atomic E-state index is 12.7. The SMILES string of the molecule is COC(=O)[C@@]1(C)CCC=C2[C@@H]1CC[C@@H](C)[C@]2(C)Cc1c[nH]c2ccc(C)cc12. The summed E-state index contributed by atoms with van der Waals surface area (Å²) in [5.74, 6) is 0.842. The third-order valence-corrected chi connectivity index (χ3v) is 7.94. The summed E-state index contributed by atoms with van der Waals surface area (Å²) in [5, 5.41) is 1.34. The molecule has 2 aromatic rings. The highest BCUT2D eigenvalue weighted by atomic mass is 16.5. The molecule has 3 nitrogen and oxygen atoms in total. The van der Waals surface area contributed by atoms with Crippen molar-refractivity contribution in [3.8, 4) is 0 Å². The Morgan fingerprint density at radius 2 is 2.07 bits per heavy atom. The zero-order valence-electron chi connectivity index (χ0n) is 17.9. The van der Waals surface area contributed by atoms with Crippen LogP contribution >= 0.6 is 0 Å². The smallest absolute Gasteiger partial charge is 0.312 e. The van der Waals surface area contributed by atoms with Gasteiger partial charge in [-0.2, -0.15) is 0 Å². The van der Waals surface area contributed by atoms with E-state index < -0.39 is 5.41 Å². The minimum absolute atomic E-state index is 0.0391. The fraction of sp³-hybridized carbons (Fsp3) is 0.560. The number of fused-ring (bicyclic) bond motifs is 2. The van der Waals surface area contributed by atoms with Crippen LogP contribution in [-0.4, -0.2) is 18.1 Å². The Kier molecular flexibility index (Phi) is 4.68. The first-order valence-corrected chi connectivity index (χ1v) is 10.6. The molecule has 28 heavy (non-hydrogen) atoms. The van der Waals surface area contributed by atoms with Crippen molar-refractivity contribution in [3.05, 3.63) is 47.2 Å². The summed E-state index contributed by atoms with van der Waals surface area (Å²) in [6.45, 7) is 9.10. The summed E-state index contributed by atoms with van der Waals surface area (Å²) in [7, 11) is 1.53. The second-order valence-electron chi connectivity index (χ2n) is 9.60. The number of rotatable bonds is 3. The number of aryl methyl sites for hydroxylation is 1. The zero-order chi connectivity index (χ0) is 20.1. The molecule has 0 spiro atoms. The Bertz CT molecular complexity index is 939. The number of hydrogen-bond acceptors (Lipinski definition) is 2. The number of allylic oxidation sites excluding steroid dienone is 2. The van der Waals surface area contributed by atoms with E-state index in [1.165, 1.54) is 34.7 Å². The van der Waals surface area contributed by atoms with Gasteiger partial charge in [0, 0.05) is 17.1 Å². The third kappa shape index (κ3) is 2.82. The molecular formula is C25H33NO2. The summed E-state index contributed by atoms with van der Waals surface area (Å²) in [4.78, 5) is 16.2. The lowest BCUT2D eigenvalue weighted by Gasteiger charge is -2.52. The van der Waals surface area contributed by atoms with Crippen LogP contribution in [0.2, 0.25) is 0 Å². The van der Waals surface area contributed by atoms with Crippen molar-refractivity contribution in [3.63, 3.8) is 0 Å². The molecule has 1 aromatic carbocycles. The van der Waals surface area contributed by atoms with Crippen molar-refractivity contribution in [2.75, 3.05) is 7.11 Å². The van der Waals surface area contributed by atoms with Crippen LogP contribution in [-0.2, 0) is 16.0 Å². The maximum Gasteiger partial charge on any atom is 0.312 e. The Balaban J connectivity index is 1.75. The van der Waals surface area contributed by atoms with E-state index in [1.54, 1.807) is 0 Å². The van der Waals surface area contributed by atoms with Crippen LogP contribution in [0.3, 0.4) is 0 Å². The number of ether oxygens (including phenoxy) is 1. The first-order chi connectivity index (χ1) is 13.3. The van der Waals surface area contributed by atoms with Gasteiger partial charge in [-0.25, -0.2) is 0 Å². The molecule has 1 aromatic heterocycles. The van der Waals surface area contributed by atoms with Gasteiger partial charge in [0.1, 0.15) is 0 Å². The number of carbonyl (C=O) groups is 1. The molecule has 1 heterocycles. The van der Waals surface area contributed by atoms with E-state index in [0.717, 1.165) is 32.1 Å². The molecular weight excluding hydrogens is 346 g/mol. The Hall–Kier alpha value is -2.03. The first kappa shape index (κ1) is 19.3. The van der Waals surface area contributed by atoms with Crippen molar-refractivity contribution >= 4 is 16.9 Å². The monoisotopic (exact) mass is 379 g/mol. The Morgan fingerprint density at radius 1 is 1.29 bits per heavy atom. The molecule has 1 fully saturated rings. The lowest BCUT2D eigenvalue weighted by molar-refractivity contribution is -0.156. The number of esters is 1. The fourth-order valence-corrected chi connectivity index (χ4v) is 5.90. The molecule has 4 rings (SSSR count). The van der Waals surface area contributed by atoms with Crippen molar-refractivity contribution in [1.29, 1.82) is 0 Å². The summed E-state index contributed by atoms with van der Waals surface area (Å²) in [6, 6.07) is 6.64. The molecule has 0 aliphatic heterocycles. The normalized spacial score (nSPS) is 32.7. The second kappa shape index (κ2) is 6.79.